The molecule has 0 heterocycles. The van der Waals surface area contributed by atoms with Crippen LogP contribution in [-0.4, -0.2) is 12.5 Å². The smallest absolute Gasteiger partial charge is 0.251 e. The Bertz CT molecular complexity index is 644. The number of rotatable bonds is 5. The van der Waals surface area contributed by atoms with E-state index in [0.717, 1.165) is 23.8 Å². The molecular weight excluding hydrogens is 274 g/mol. The van der Waals surface area contributed by atoms with Gasteiger partial charge < -0.3 is 11.1 Å². The Hall–Kier alpha value is -2.27. The van der Waals surface area contributed by atoms with Crippen LogP contribution in [0.5, 0.6) is 0 Å². The summed E-state index contributed by atoms with van der Waals surface area (Å²) in [6.45, 7) is 0.363. The van der Waals surface area contributed by atoms with Gasteiger partial charge in [-0.05, 0) is 42.8 Å². The Labute approximate surface area is 121 Å². The minimum absolute atomic E-state index is 0.0701. The van der Waals surface area contributed by atoms with Crippen molar-refractivity contribution >= 4 is 5.91 Å². The molecule has 1 amide bonds. The minimum Gasteiger partial charge on any atom is -0.348 e. The summed E-state index contributed by atoms with van der Waals surface area (Å²) >= 11 is 0. The molecule has 2 rings (SSSR count). The van der Waals surface area contributed by atoms with Crippen molar-refractivity contribution in [2.75, 3.05) is 6.54 Å². The summed E-state index contributed by atoms with van der Waals surface area (Å²) in [4.78, 5) is 12.1. The zero-order valence-corrected chi connectivity index (χ0v) is 11.4. The van der Waals surface area contributed by atoms with Gasteiger partial charge in [0.25, 0.3) is 5.91 Å². The Balaban J connectivity index is 2.10. The van der Waals surface area contributed by atoms with Gasteiger partial charge in [0, 0.05) is 17.7 Å². The fraction of sp³-hybridized carbons (Fsp3) is 0.188. The van der Waals surface area contributed by atoms with Crippen LogP contribution in [0.15, 0.2) is 42.5 Å². The van der Waals surface area contributed by atoms with Gasteiger partial charge in [0.05, 0.1) is 0 Å². The Morgan fingerprint density at radius 3 is 2.62 bits per heavy atom. The van der Waals surface area contributed by atoms with E-state index in [2.05, 4.69) is 5.32 Å². The zero-order chi connectivity index (χ0) is 15.2. The topological polar surface area (TPSA) is 55.1 Å². The van der Waals surface area contributed by atoms with Crippen molar-refractivity contribution in [2.24, 2.45) is 5.73 Å². The molecule has 0 unspecified atom stereocenters. The molecule has 0 saturated heterocycles. The minimum atomic E-state index is -0.549. The maximum Gasteiger partial charge on any atom is 0.251 e. The predicted octanol–water partition coefficient (Wildman–Crippen LogP) is 2.40. The zero-order valence-electron chi connectivity index (χ0n) is 11.4. The second-order valence-corrected chi connectivity index (χ2v) is 4.61. The highest BCUT2D eigenvalue weighted by molar-refractivity contribution is 5.95. The van der Waals surface area contributed by atoms with Crippen molar-refractivity contribution in [1.29, 1.82) is 0 Å². The quantitative estimate of drug-likeness (QED) is 0.888. The largest absolute Gasteiger partial charge is 0.348 e. The molecule has 0 fully saturated rings. The number of nitrogens with one attached hydrogen (secondary N) is 1. The first-order chi connectivity index (χ1) is 10.1. The van der Waals surface area contributed by atoms with Crippen molar-refractivity contribution in [3.05, 3.63) is 70.8 Å². The molecule has 2 aromatic carbocycles. The third-order valence-corrected chi connectivity index (χ3v) is 3.12. The van der Waals surface area contributed by atoms with Crippen LogP contribution in [0.3, 0.4) is 0 Å². The van der Waals surface area contributed by atoms with E-state index in [-0.39, 0.29) is 18.0 Å². The summed E-state index contributed by atoms with van der Waals surface area (Å²) < 4.78 is 26.6. The lowest BCUT2D eigenvalue weighted by Crippen LogP contribution is -2.25. The molecule has 3 N–H and O–H groups in total. The molecule has 0 aliphatic carbocycles. The van der Waals surface area contributed by atoms with Crippen molar-refractivity contribution < 1.29 is 13.6 Å². The molecule has 21 heavy (non-hydrogen) atoms. The highest BCUT2D eigenvalue weighted by Gasteiger charge is 2.11. The van der Waals surface area contributed by atoms with Gasteiger partial charge in [0.15, 0.2) is 0 Å². The van der Waals surface area contributed by atoms with Crippen LogP contribution in [0.25, 0.3) is 0 Å². The second-order valence-electron chi connectivity index (χ2n) is 4.61. The van der Waals surface area contributed by atoms with E-state index in [1.165, 1.54) is 0 Å². The van der Waals surface area contributed by atoms with E-state index in [0.29, 0.717) is 18.5 Å². The van der Waals surface area contributed by atoms with E-state index >= 15 is 0 Å². The molecule has 110 valence electrons. The molecule has 0 radical (unpaired) electrons. The molecule has 0 spiro atoms. The normalized spacial score (nSPS) is 10.4. The molecule has 3 nitrogen and oxygen atoms in total. The van der Waals surface area contributed by atoms with Gasteiger partial charge in [-0.15, -0.1) is 0 Å². The summed E-state index contributed by atoms with van der Waals surface area (Å²) in [5.41, 5.74) is 6.95. The van der Waals surface area contributed by atoms with Crippen molar-refractivity contribution in [3.63, 3.8) is 0 Å². The number of hydrogen-bond donors (Lipinski definition) is 2. The van der Waals surface area contributed by atoms with Crippen LogP contribution in [-0.2, 0) is 13.0 Å². The van der Waals surface area contributed by atoms with E-state index in [1.807, 2.05) is 12.1 Å². The van der Waals surface area contributed by atoms with Crippen LogP contribution in [0.2, 0.25) is 0 Å². The van der Waals surface area contributed by atoms with Crippen LogP contribution in [0.4, 0.5) is 8.78 Å². The van der Waals surface area contributed by atoms with Crippen LogP contribution < -0.4 is 11.1 Å². The Morgan fingerprint density at radius 2 is 1.86 bits per heavy atom. The van der Waals surface area contributed by atoms with Gasteiger partial charge in [0.1, 0.15) is 11.6 Å². The Morgan fingerprint density at radius 1 is 1.10 bits per heavy atom. The highest BCUT2D eigenvalue weighted by Crippen LogP contribution is 2.12. The number of nitrogens with two attached hydrogens (primary N) is 1. The lowest BCUT2D eigenvalue weighted by Gasteiger charge is -2.10. The Kier molecular flexibility index (Phi) is 5.00. The maximum atomic E-state index is 13.5. The number of benzene rings is 2. The second kappa shape index (κ2) is 6.95. The van der Waals surface area contributed by atoms with E-state index < -0.39 is 11.6 Å². The molecule has 0 bridgehead atoms. The molecule has 0 atom stereocenters. The summed E-state index contributed by atoms with van der Waals surface area (Å²) in [6.07, 6.45) is 0.581. The summed E-state index contributed by atoms with van der Waals surface area (Å²) in [5, 5.41) is 2.60. The SMILES string of the molecule is NCCc1ccccc1C(=O)NCc1cc(F)ccc1F. The number of hydrogen-bond acceptors (Lipinski definition) is 2. The first-order valence-corrected chi connectivity index (χ1v) is 6.62. The summed E-state index contributed by atoms with van der Waals surface area (Å²) in [5.74, 6) is -1.42. The predicted molar refractivity (Wildman–Crippen MR) is 76.7 cm³/mol. The lowest BCUT2D eigenvalue weighted by molar-refractivity contribution is 0.0949. The molecule has 0 aliphatic heterocycles. The van der Waals surface area contributed by atoms with Gasteiger partial charge in [-0.3, -0.25) is 4.79 Å². The molecule has 0 aliphatic rings. The number of halogens is 2. The summed E-state index contributed by atoms with van der Waals surface area (Å²) in [6, 6.07) is 10.2. The maximum absolute atomic E-state index is 13.5. The average Bonchev–Trinajstić information content (AvgIpc) is 2.49. The van der Waals surface area contributed by atoms with Gasteiger partial charge in [-0.2, -0.15) is 0 Å². The van der Waals surface area contributed by atoms with Crippen molar-refractivity contribution in [1.82, 2.24) is 5.32 Å². The first-order valence-electron chi connectivity index (χ1n) is 6.62. The van der Waals surface area contributed by atoms with Crippen molar-refractivity contribution in [2.45, 2.75) is 13.0 Å². The molecule has 2 aromatic rings. The van der Waals surface area contributed by atoms with Gasteiger partial charge in [0.2, 0.25) is 0 Å². The average molecular weight is 290 g/mol. The fourth-order valence-corrected chi connectivity index (χ4v) is 2.06. The molecule has 0 saturated carbocycles. The van der Waals surface area contributed by atoms with Crippen molar-refractivity contribution in [3.8, 4) is 0 Å². The van der Waals surface area contributed by atoms with Gasteiger partial charge in [-0.25, -0.2) is 8.78 Å². The molecular formula is C16H16F2N2O. The third kappa shape index (κ3) is 3.86. The molecule has 0 aromatic heterocycles. The number of carbonyl (C=O) groups is 1. The van der Waals surface area contributed by atoms with E-state index in [1.54, 1.807) is 12.1 Å². The number of carbonyl (C=O) groups excluding carboxylic acids is 1. The third-order valence-electron chi connectivity index (χ3n) is 3.12. The molecule has 5 heteroatoms. The fourth-order valence-electron chi connectivity index (χ4n) is 2.06. The van der Waals surface area contributed by atoms with Gasteiger partial charge in [-0.1, -0.05) is 18.2 Å². The summed E-state index contributed by atoms with van der Waals surface area (Å²) in [7, 11) is 0. The number of amides is 1. The lowest BCUT2D eigenvalue weighted by atomic mass is 10.0. The van der Waals surface area contributed by atoms with Crippen LogP contribution in [0, 0.1) is 11.6 Å². The van der Waals surface area contributed by atoms with E-state index in [4.69, 9.17) is 5.73 Å². The first kappa shape index (κ1) is 15.1. The van der Waals surface area contributed by atoms with E-state index in [9.17, 15) is 13.6 Å². The van der Waals surface area contributed by atoms with Crippen LogP contribution >= 0.6 is 0 Å². The van der Waals surface area contributed by atoms with Crippen LogP contribution in [0.1, 0.15) is 21.5 Å². The monoisotopic (exact) mass is 290 g/mol. The standard InChI is InChI=1S/C16H16F2N2O/c17-13-5-6-15(18)12(9-13)10-20-16(21)14-4-2-1-3-11(14)7-8-19/h1-6,9H,7-8,10,19H2,(H,20,21). The van der Waals surface area contributed by atoms with Gasteiger partial charge >= 0.3 is 0 Å². The highest BCUT2D eigenvalue weighted by atomic mass is 19.1.